The van der Waals surface area contributed by atoms with E-state index in [2.05, 4.69) is 5.32 Å². The van der Waals surface area contributed by atoms with Gasteiger partial charge < -0.3 is 15.8 Å². The first-order valence-corrected chi connectivity index (χ1v) is 7.27. The van der Waals surface area contributed by atoms with Crippen molar-refractivity contribution < 1.29 is 9.53 Å². The van der Waals surface area contributed by atoms with Crippen LogP contribution in [0.4, 0.5) is 0 Å². The van der Waals surface area contributed by atoms with Crippen LogP contribution in [0.1, 0.15) is 45.4 Å². The summed E-state index contributed by atoms with van der Waals surface area (Å²) in [7, 11) is 0. The molecule has 0 radical (unpaired) electrons. The smallest absolute Gasteiger partial charge is 0.252 e. The molecule has 1 saturated heterocycles. The van der Waals surface area contributed by atoms with Crippen LogP contribution in [0.3, 0.4) is 0 Å². The first kappa shape index (κ1) is 12.4. The molecule has 4 nitrogen and oxygen atoms in total. The molecule has 0 aromatic carbocycles. The average molecular weight is 252 g/mol. The van der Waals surface area contributed by atoms with Gasteiger partial charge in [-0.3, -0.25) is 4.79 Å². The molecule has 3 fully saturated rings. The number of nitrogens with two attached hydrogens (primary N) is 1. The predicted molar refractivity (Wildman–Crippen MR) is 68.9 cm³/mol. The van der Waals surface area contributed by atoms with Crippen molar-refractivity contribution in [1.82, 2.24) is 5.32 Å². The van der Waals surface area contributed by atoms with Crippen molar-refractivity contribution in [3.8, 4) is 0 Å². The van der Waals surface area contributed by atoms with Gasteiger partial charge in [0.2, 0.25) is 0 Å². The van der Waals surface area contributed by atoms with Gasteiger partial charge in [-0.1, -0.05) is 6.42 Å². The monoisotopic (exact) mass is 252 g/mol. The Labute approximate surface area is 109 Å². The summed E-state index contributed by atoms with van der Waals surface area (Å²) in [5.41, 5.74) is 5.25. The number of hydrogen-bond donors (Lipinski definition) is 2. The molecule has 2 bridgehead atoms. The Kier molecular flexibility index (Phi) is 3.10. The molecule has 1 aliphatic heterocycles. The van der Waals surface area contributed by atoms with Gasteiger partial charge in [-0.25, -0.2) is 0 Å². The summed E-state index contributed by atoms with van der Waals surface area (Å²) < 4.78 is 5.70. The summed E-state index contributed by atoms with van der Waals surface area (Å²) >= 11 is 0. The number of nitrogens with one attached hydrogen (secondary N) is 1. The van der Waals surface area contributed by atoms with Crippen molar-refractivity contribution in [3.05, 3.63) is 0 Å². The van der Waals surface area contributed by atoms with Crippen LogP contribution in [-0.2, 0) is 9.53 Å². The lowest BCUT2D eigenvalue weighted by molar-refractivity contribution is -0.152. The van der Waals surface area contributed by atoms with E-state index in [0.29, 0.717) is 25.0 Å². The van der Waals surface area contributed by atoms with Gasteiger partial charge in [0.1, 0.15) is 5.60 Å². The van der Waals surface area contributed by atoms with Crippen molar-refractivity contribution >= 4 is 5.91 Å². The fourth-order valence-electron chi connectivity index (χ4n) is 4.00. The molecule has 102 valence electrons. The molecule has 5 atom stereocenters. The average Bonchev–Trinajstić information content (AvgIpc) is 2.90. The second-order valence-corrected chi connectivity index (χ2v) is 6.59. The Hall–Kier alpha value is -0.610. The van der Waals surface area contributed by atoms with Gasteiger partial charge in [-0.2, -0.15) is 0 Å². The maximum absolute atomic E-state index is 12.4. The number of amides is 1. The standard InChI is InChI=1S/C14H24N2O2/c1-14(8-11(15)4-5-18-14)13(17)16-12-7-9-2-3-10(12)6-9/h9-12H,2-8,15H2,1H3,(H,16,17). The van der Waals surface area contributed by atoms with Gasteiger partial charge in [-0.15, -0.1) is 0 Å². The number of ether oxygens (including phenoxy) is 1. The predicted octanol–water partition coefficient (Wildman–Crippen LogP) is 1.19. The Morgan fingerprint density at radius 2 is 2.17 bits per heavy atom. The summed E-state index contributed by atoms with van der Waals surface area (Å²) in [6, 6.07) is 0.476. The molecule has 1 heterocycles. The van der Waals surface area contributed by atoms with Crippen molar-refractivity contribution in [2.75, 3.05) is 6.61 Å². The molecule has 3 N–H and O–H groups in total. The molecule has 2 aliphatic carbocycles. The fraction of sp³-hybridized carbons (Fsp3) is 0.929. The van der Waals surface area contributed by atoms with Crippen molar-refractivity contribution in [3.63, 3.8) is 0 Å². The Morgan fingerprint density at radius 1 is 1.33 bits per heavy atom. The molecule has 0 spiro atoms. The summed E-state index contributed by atoms with van der Waals surface area (Å²) in [5, 5.41) is 3.22. The van der Waals surface area contributed by atoms with E-state index in [1.807, 2.05) is 6.92 Å². The molecule has 18 heavy (non-hydrogen) atoms. The van der Waals surface area contributed by atoms with E-state index in [0.717, 1.165) is 12.3 Å². The second kappa shape index (κ2) is 4.49. The van der Waals surface area contributed by atoms with E-state index in [-0.39, 0.29) is 11.9 Å². The van der Waals surface area contributed by atoms with Crippen LogP contribution in [0.15, 0.2) is 0 Å². The van der Waals surface area contributed by atoms with Gasteiger partial charge in [0.15, 0.2) is 0 Å². The minimum absolute atomic E-state index is 0.0511. The van der Waals surface area contributed by atoms with E-state index in [1.165, 1.54) is 25.7 Å². The van der Waals surface area contributed by atoms with Crippen molar-refractivity contribution in [2.24, 2.45) is 17.6 Å². The van der Waals surface area contributed by atoms with E-state index >= 15 is 0 Å². The molecular formula is C14H24N2O2. The minimum atomic E-state index is -0.709. The highest BCUT2D eigenvalue weighted by atomic mass is 16.5. The summed E-state index contributed by atoms with van der Waals surface area (Å²) in [4.78, 5) is 12.4. The van der Waals surface area contributed by atoms with Crippen LogP contribution in [0.2, 0.25) is 0 Å². The molecule has 0 aromatic rings. The maximum atomic E-state index is 12.4. The van der Waals surface area contributed by atoms with Gasteiger partial charge in [0.25, 0.3) is 5.91 Å². The SMILES string of the molecule is CC1(C(=O)NC2CC3CCC2C3)CC(N)CCO1. The Morgan fingerprint density at radius 3 is 2.78 bits per heavy atom. The first-order valence-electron chi connectivity index (χ1n) is 7.27. The zero-order chi connectivity index (χ0) is 12.8. The van der Waals surface area contributed by atoms with Crippen LogP contribution in [0.5, 0.6) is 0 Å². The molecule has 0 aromatic heterocycles. The van der Waals surface area contributed by atoms with Crippen LogP contribution < -0.4 is 11.1 Å². The molecule has 4 heteroatoms. The summed E-state index contributed by atoms with van der Waals surface area (Å²) in [6.07, 6.45) is 6.61. The maximum Gasteiger partial charge on any atom is 0.252 e. The zero-order valence-electron chi connectivity index (χ0n) is 11.2. The largest absolute Gasteiger partial charge is 0.365 e. The van der Waals surface area contributed by atoms with Gasteiger partial charge in [-0.05, 0) is 44.4 Å². The van der Waals surface area contributed by atoms with E-state index in [4.69, 9.17) is 10.5 Å². The van der Waals surface area contributed by atoms with Crippen molar-refractivity contribution in [2.45, 2.75) is 63.1 Å². The normalized spacial score (nSPS) is 47.2. The van der Waals surface area contributed by atoms with Gasteiger partial charge >= 0.3 is 0 Å². The van der Waals surface area contributed by atoms with Crippen LogP contribution in [0.25, 0.3) is 0 Å². The Balaban J connectivity index is 1.60. The molecule has 1 amide bonds. The zero-order valence-corrected chi connectivity index (χ0v) is 11.2. The van der Waals surface area contributed by atoms with Crippen LogP contribution >= 0.6 is 0 Å². The third-order valence-electron chi connectivity index (χ3n) is 5.10. The minimum Gasteiger partial charge on any atom is -0.365 e. The second-order valence-electron chi connectivity index (χ2n) is 6.59. The number of carbonyl (C=O) groups is 1. The number of carbonyl (C=O) groups excluding carboxylic acids is 1. The lowest BCUT2D eigenvalue weighted by Gasteiger charge is -2.37. The molecule has 3 aliphatic rings. The quantitative estimate of drug-likeness (QED) is 0.776. The number of fused-ring (bicyclic) bond motifs is 2. The topological polar surface area (TPSA) is 64.4 Å². The van der Waals surface area contributed by atoms with E-state index in [1.54, 1.807) is 0 Å². The fourth-order valence-corrected chi connectivity index (χ4v) is 4.00. The summed E-state index contributed by atoms with van der Waals surface area (Å²) in [5.74, 6) is 1.61. The van der Waals surface area contributed by atoms with E-state index in [9.17, 15) is 4.79 Å². The van der Waals surface area contributed by atoms with Crippen molar-refractivity contribution in [1.29, 1.82) is 0 Å². The highest BCUT2D eigenvalue weighted by Gasteiger charge is 2.44. The number of hydrogen-bond acceptors (Lipinski definition) is 3. The van der Waals surface area contributed by atoms with Gasteiger partial charge in [0, 0.05) is 25.1 Å². The lowest BCUT2D eigenvalue weighted by Crippen LogP contribution is -2.55. The molecular weight excluding hydrogens is 228 g/mol. The molecule has 5 unspecified atom stereocenters. The first-order chi connectivity index (χ1) is 8.57. The molecule has 2 saturated carbocycles. The Bertz CT molecular complexity index is 347. The molecule has 3 rings (SSSR count). The lowest BCUT2D eigenvalue weighted by atomic mass is 9.90. The van der Waals surface area contributed by atoms with E-state index < -0.39 is 5.60 Å². The third-order valence-corrected chi connectivity index (χ3v) is 5.10. The van der Waals surface area contributed by atoms with Gasteiger partial charge in [0.05, 0.1) is 0 Å². The highest BCUT2D eigenvalue weighted by molar-refractivity contribution is 5.85. The van der Waals surface area contributed by atoms with Crippen LogP contribution in [0, 0.1) is 11.8 Å². The third kappa shape index (κ3) is 2.16. The highest BCUT2D eigenvalue weighted by Crippen LogP contribution is 2.44. The van der Waals surface area contributed by atoms with Crippen LogP contribution in [-0.4, -0.2) is 30.2 Å². The number of rotatable bonds is 2. The summed E-state index contributed by atoms with van der Waals surface area (Å²) in [6.45, 7) is 2.48.